The van der Waals surface area contributed by atoms with Gasteiger partial charge in [0.25, 0.3) is 0 Å². The zero-order valence-electron chi connectivity index (χ0n) is 11.2. The van der Waals surface area contributed by atoms with Gasteiger partial charge in [0.1, 0.15) is 0 Å². The summed E-state index contributed by atoms with van der Waals surface area (Å²) in [7, 11) is 1.65. The number of pyridine rings is 1. The molecule has 18 heavy (non-hydrogen) atoms. The van der Waals surface area contributed by atoms with Gasteiger partial charge in [0.2, 0.25) is 5.88 Å². The van der Waals surface area contributed by atoms with Crippen LogP contribution >= 0.6 is 0 Å². The number of fused-ring (bicyclic) bond motifs is 2. The maximum Gasteiger partial charge on any atom is 0.212 e. The van der Waals surface area contributed by atoms with Gasteiger partial charge in [-0.3, -0.25) is 9.80 Å². The molecule has 4 heteroatoms. The first-order chi connectivity index (χ1) is 8.80. The van der Waals surface area contributed by atoms with E-state index in [1.54, 1.807) is 7.11 Å². The minimum atomic E-state index is 0.692. The van der Waals surface area contributed by atoms with Crippen molar-refractivity contribution < 1.29 is 4.74 Å². The summed E-state index contributed by atoms with van der Waals surface area (Å²) in [5, 5.41) is 0. The van der Waals surface area contributed by atoms with E-state index in [1.807, 2.05) is 12.3 Å². The Morgan fingerprint density at radius 1 is 1.33 bits per heavy atom. The topological polar surface area (TPSA) is 28.6 Å². The van der Waals surface area contributed by atoms with Crippen LogP contribution in [0.1, 0.15) is 18.9 Å². The average Bonchev–Trinajstić information content (AvgIpc) is 2.40. The lowest BCUT2D eigenvalue weighted by molar-refractivity contribution is -0.0680. The Labute approximate surface area is 109 Å². The molecule has 4 heterocycles. The molecule has 3 fully saturated rings. The monoisotopic (exact) mass is 247 g/mol. The zero-order valence-corrected chi connectivity index (χ0v) is 11.2. The fraction of sp³-hybridized carbons (Fsp3) is 0.643. The van der Waals surface area contributed by atoms with Gasteiger partial charge < -0.3 is 4.74 Å². The van der Waals surface area contributed by atoms with Crippen LogP contribution in [-0.2, 0) is 6.54 Å². The fourth-order valence-corrected chi connectivity index (χ4v) is 3.30. The van der Waals surface area contributed by atoms with Gasteiger partial charge in [-0.2, -0.15) is 0 Å². The van der Waals surface area contributed by atoms with Gasteiger partial charge >= 0.3 is 0 Å². The number of methoxy groups -OCH3 is 1. The van der Waals surface area contributed by atoms with E-state index in [-0.39, 0.29) is 0 Å². The van der Waals surface area contributed by atoms with Crippen LogP contribution in [0.3, 0.4) is 0 Å². The minimum Gasteiger partial charge on any atom is -0.481 e. The van der Waals surface area contributed by atoms with E-state index >= 15 is 0 Å². The van der Waals surface area contributed by atoms with Crippen molar-refractivity contribution in [2.24, 2.45) is 0 Å². The SMILES string of the molecule is CCN1C2CC1CN(Cc1ccc(OC)nc1)C2. The van der Waals surface area contributed by atoms with Crippen LogP contribution in [0.25, 0.3) is 0 Å². The summed E-state index contributed by atoms with van der Waals surface area (Å²) in [6, 6.07) is 5.64. The highest BCUT2D eigenvalue weighted by molar-refractivity contribution is 5.18. The number of aromatic nitrogens is 1. The minimum absolute atomic E-state index is 0.692. The summed E-state index contributed by atoms with van der Waals surface area (Å²) in [4.78, 5) is 9.44. The summed E-state index contributed by atoms with van der Waals surface area (Å²) in [5.74, 6) is 0.692. The molecule has 1 aromatic rings. The predicted molar refractivity (Wildman–Crippen MR) is 70.6 cm³/mol. The molecular weight excluding hydrogens is 226 g/mol. The Hall–Kier alpha value is -1.13. The van der Waals surface area contributed by atoms with Gasteiger partial charge in [-0.25, -0.2) is 4.98 Å². The fourth-order valence-electron chi connectivity index (χ4n) is 3.30. The van der Waals surface area contributed by atoms with Gasteiger partial charge in [0.15, 0.2) is 0 Å². The van der Waals surface area contributed by atoms with Crippen molar-refractivity contribution >= 4 is 0 Å². The highest BCUT2D eigenvalue weighted by atomic mass is 16.5. The molecule has 3 aliphatic rings. The number of hydrogen-bond donors (Lipinski definition) is 0. The van der Waals surface area contributed by atoms with E-state index in [0.29, 0.717) is 5.88 Å². The Kier molecular flexibility index (Phi) is 3.22. The number of nitrogens with zero attached hydrogens (tertiary/aromatic N) is 3. The van der Waals surface area contributed by atoms with E-state index in [1.165, 1.54) is 31.6 Å². The Bertz CT molecular complexity index is 394. The van der Waals surface area contributed by atoms with Crippen LogP contribution in [-0.4, -0.2) is 53.6 Å². The summed E-state index contributed by atoms with van der Waals surface area (Å²) in [6.45, 7) is 6.89. The van der Waals surface area contributed by atoms with Crippen LogP contribution in [0, 0.1) is 0 Å². The van der Waals surface area contributed by atoms with Crippen LogP contribution in [0.5, 0.6) is 5.88 Å². The van der Waals surface area contributed by atoms with E-state index < -0.39 is 0 Å². The molecule has 1 aromatic heterocycles. The summed E-state index contributed by atoms with van der Waals surface area (Å²) in [6.07, 6.45) is 3.32. The standard InChI is InChI=1S/C14H21N3O/c1-3-17-12-6-13(17)10-16(9-12)8-11-4-5-14(18-2)15-7-11/h4-5,7,12-13H,3,6,8-10H2,1-2H3. The quantitative estimate of drug-likeness (QED) is 0.803. The third kappa shape index (κ3) is 2.10. The molecule has 4 nitrogen and oxygen atoms in total. The first kappa shape index (κ1) is 11.9. The Morgan fingerprint density at radius 3 is 2.67 bits per heavy atom. The van der Waals surface area contributed by atoms with Gasteiger partial charge in [-0.1, -0.05) is 13.0 Å². The maximum atomic E-state index is 5.08. The second-order valence-electron chi connectivity index (χ2n) is 5.28. The predicted octanol–water partition coefficient (Wildman–Crippen LogP) is 1.37. The van der Waals surface area contributed by atoms with Gasteiger partial charge in [0.05, 0.1) is 7.11 Å². The van der Waals surface area contributed by atoms with E-state index in [2.05, 4.69) is 27.8 Å². The molecule has 2 atom stereocenters. The summed E-state index contributed by atoms with van der Waals surface area (Å²) >= 11 is 0. The van der Waals surface area contributed by atoms with Gasteiger partial charge in [-0.15, -0.1) is 0 Å². The molecule has 3 aliphatic heterocycles. The van der Waals surface area contributed by atoms with Crippen molar-refractivity contribution in [2.45, 2.75) is 32.0 Å². The third-order valence-electron chi connectivity index (χ3n) is 4.20. The van der Waals surface area contributed by atoms with Crippen molar-refractivity contribution in [1.82, 2.24) is 14.8 Å². The van der Waals surface area contributed by atoms with Crippen molar-refractivity contribution in [3.05, 3.63) is 23.9 Å². The number of likely N-dealkylation sites (N-methyl/N-ethyl adjacent to an activating group) is 1. The largest absolute Gasteiger partial charge is 0.481 e. The molecule has 0 N–H and O–H groups in total. The third-order valence-corrected chi connectivity index (χ3v) is 4.20. The maximum absolute atomic E-state index is 5.08. The number of hydrogen-bond acceptors (Lipinski definition) is 4. The van der Waals surface area contributed by atoms with Crippen LogP contribution in [0.4, 0.5) is 0 Å². The molecule has 98 valence electrons. The van der Waals surface area contributed by atoms with Crippen molar-refractivity contribution in [1.29, 1.82) is 0 Å². The highest BCUT2D eigenvalue weighted by Gasteiger charge is 2.43. The number of rotatable bonds is 4. The molecule has 0 amide bonds. The molecule has 2 unspecified atom stereocenters. The summed E-state index contributed by atoms with van der Waals surface area (Å²) in [5.41, 5.74) is 1.28. The lowest BCUT2D eigenvalue weighted by atomic mass is 9.87. The molecule has 2 bridgehead atoms. The first-order valence-electron chi connectivity index (χ1n) is 6.77. The van der Waals surface area contributed by atoms with Gasteiger partial charge in [0, 0.05) is 44.0 Å². The van der Waals surface area contributed by atoms with Crippen molar-refractivity contribution in [3.8, 4) is 5.88 Å². The lowest BCUT2D eigenvalue weighted by Crippen LogP contribution is -2.68. The molecule has 0 aliphatic carbocycles. The molecule has 0 radical (unpaired) electrons. The second kappa shape index (κ2) is 4.86. The molecule has 0 aromatic carbocycles. The molecule has 0 saturated carbocycles. The molecular formula is C14H21N3O. The number of piperidine rings is 1. The summed E-state index contributed by atoms with van der Waals surface area (Å²) < 4.78 is 5.08. The number of piperazine rings is 1. The second-order valence-corrected chi connectivity index (χ2v) is 5.28. The normalized spacial score (nSPS) is 27.9. The van der Waals surface area contributed by atoms with Crippen LogP contribution < -0.4 is 4.74 Å². The lowest BCUT2D eigenvalue weighted by Gasteiger charge is -2.56. The smallest absolute Gasteiger partial charge is 0.212 e. The van der Waals surface area contributed by atoms with E-state index in [9.17, 15) is 0 Å². The van der Waals surface area contributed by atoms with Gasteiger partial charge in [-0.05, 0) is 18.5 Å². The zero-order chi connectivity index (χ0) is 12.5. The van der Waals surface area contributed by atoms with E-state index in [0.717, 1.165) is 18.6 Å². The first-order valence-corrected chi connectivity index (χ1v) is 6.77. The van der Waals surface area contributed by atoms with Crippen molar-refractivity contribution in [2.75, 3.05) is 26.7 Å². The highest BCUT2D eigenvalue weighted by Crippen LogP contribution is 2.32. The van der Waals surface area contributed by atoms with E-state index in [4.69, 9.17) is 4.74 Å². The van der Waals surface area contributed by atoms with Crippen LogP contribution in [0.2, 0.25) is 0 Å². The molecule has 4 rings (SSSR count). The molecule has 0 spiro atoms. The number of ether oxygens (including phenoxy) is 1. The average molecular weight is 247 g/mol. The Balaban J connectivity index is 1.58. The van der Waals surface area contributed by atoms with Crippen molar-refractivity contribution in [3.63, 3.8) is 0 Å². The molecule has 3 saturated heterocycles. The van der Waals surface area contributed by atoms with Crippen LogP contribution in [0.15, 0.2) is 18.3 Å². The Morgan fingerprint density at radius 2 is 2.11 bits per heavy atom.